The smallest absolute Gasteiger partial charge is 0.259 e. The largest absolute Gasteiger partial charge is 0.383 e. The predicted octanol–water partition coefficient (Wildman–Crippen LogP) is 2.95. The fourth-order valence-electron chi connectivity index (χ4n) is 2.31. The van der Waals surface area contributed by atoms with E-state index < -0.39 is 0 Å². The molecule has 1 aliphatic heterocycles. The maximum absolute atomic E-state index is 11.6. The predicted molar refractivity (Wildman–Crippen MR) is 75.5 cm³/mol. The fourth-order valence-corrected chi connectivity index (χ4v) is 2.31. The van der Waals surface area contributed by atoms with Crippen molar-refractivity contribution in [3.8, 4) is 0 Å². The minimum absolute atomic E-state index is 0.303. The molecule has 4 nitrogen and oxygen atoms in total. The third-order valence-electron chi connectivity index (χ3n) is 3.39. The number of benzene rings is 1. The topological polar surface area (TPSA) is 58.2 Å². The van der Waals surface area contributed by atoms with E-state index in [0.29, 0.717) is 17.2 Å². The molecule has 4 heteroatoms. The molecule has 0 radical (unpaired) electrons. The molecule has 1 unspecified atom stereocenters. The molecule has 1 aromatic rings. The van der Waals surface area contributed by atoms with Crippen LogP contribution in [0.5, 0.6) is 0 Å². The molecular weight excluding hydrogens is 240 g/mol. The molecule has 1 atom stereocenters. The van der Waals surface area contributed by atoms with Crippen molar-refractivity contribution in [1.29, 1.82) is 0 Å². The summed E-state index contributed by atoms with van der Waals surface area (Å²) < 4.78 is 0. The number of carbonyl (C=O) groups excluding carboxylic acids is 2. The summed E-state index contributed by atoms with van der Waals surface area (Å²) in [7, 11) is 0. The van der Waals surface area contributed by atoms with Crippen molar-refractivity contribution in [1.82, 2.24) is 5.32 Å². The van der Waals surface area contributed by atoms with Gasteiger partial charge in [-0.15, -0.1) is 0 Å². The van der Waals surface area contributed by atoms with Crippen LogP contribution in [-0.4, -0.2) is 17.9 Å². The van der Waals surface area contributed by atoms with Gasteiger partial charge in [0, 0.05) is 11.7 Å². The average Bonchev–Trinajstić information content (AvgIpc) is 2.65. The highest BCUT2D eigenvalue weighted by atomic mass is 16.2. The zero-order valence-electron chi connectivity index (χ0n) is 11.5. The van der Waals surface area contributed by atoms with Crippen LogP contribution in [0.1, 0.15) is 60.2 Å². The van der Waals surface area contributed by atoms with Gasteiger partial charge in [0.2, 0.25) is 0 Å². The Morgan fingerprint density at radius 1 is 1.16 bits per heavy atom. The molecule has 102 valence electrons. The maximum Gasteiger partial charge on any atom is 0.259 e. The SMILES string of the molecule is CCCCCC(C)Nc1ccc2c(c1)C(=O)NC2=O. The molecule has 2 rings (SSSR count). The van der Waals surface area contributed by atoms with Crippen molar-refractivity contribution in [3.05, 3.63) is 29.3 Å². The lowest BCUT2D eigenvalue weighted by molar-refractivity contribution is 0.0879. The first-order valence-corrected chi connectivity index (χ1v) is 6.88. The molecule has 0 spiro atoms. The van der Waals surface area contributed by atoms with Crippen LogP contribution in [0.2, 0.25) is 0 Å². The Balaban J connectivity index is 2.01. The molecule has 19 heavy (non-hydrogen) atoms. The van der Waals surface area contributed by atoms with Crippen molar-refractivity contribution in [3.63, 3.8) is 0 Å². The van der Waals surface area contributed by atoms with Gasteiger partial charge in [0.25, 0.3) is 11.8 Å². The lowest BCUT2D eigenvalue weighted by Gasteiger charge is -2.15. The van der Waals surface area contributed by atoms with Crippen molar-refractivity contribution >= 4 is 17.5 Å². The summed E-state index contributed by atoms with van der Waals surface area (Å²) >= 11 is 0. The summed E-state index contributed by atoms with van der Waals surface area (Å²) in [5, 5.41) is 5.67. The highest BCUT2D eigenvalue weighted by Crippen LogP contribution is 2.21. The van der Waals surface area contributed by atoms with E-state index in [2.05, 4.69) is 24.5 Å². The summed E-state index contributed by atoms with van der Waals surface area (Å²) in [6.07, 6.45) is 4.77. The zero-order valence-corrected chi connectivity index (χ0v) is 11.5. The number of hydrogen-bond donors (Lipinski definition) is 2. The number of imide groups is 1. The number of nitrogens with one attached hydrogen (secondary N) is 2. The third-order valence-corrected chi connectivity index (χ3v) is 3.39. The summed E-state index contributed by atoms with van der Waals surface area (Å²) in [5.41, 5.74) is 1.83. The highest BCUT2D eigenvalue weighted by Gasteiger charge is 2.26. The molecule has 0 bridgehead atoms. The second-order valence-electron chi connectivity index (χ2n) is 5.08. The van der Waals surface area contributed by atoms with Gasteiger partial charge >= 0.3 is 0 Å². The van der Waals surface area contributed by atoms with Gasteiger partial charge in [-0.2, -0.15) is 0 Å². The number of hydrogen-bond acceptors (Lipinski definition) is 3. The van der Waals surface area contributed by atoms with Crippen molar-refractivity contribution < 1.29 is 9.59 Å². The molecule has 2 amide bonds. The first-order chi connectivity index (χ1) is 9.11. The number of anilines is 1. The lowest BCUT2D eigenvalue weighted by Crippen LogP contribution is -2.19. The van der Waals surface area contributed by atoms with Crippen LogP contribution in [0, 0.1) is 0 Å². The molecule has 0 saturated heterocycles. The minimum Gasteiger partial charge on any atom is -0.383 e. The maximum atomic E-state index is 11.6. The van der Waals surface area contributed by atoms with Gasteiger partial charge in [-0.3, -0.25) is 14.9 Å². The van der Waals surface area contributed by atoms with Crippen LogP contribution >= 0.6 is 0 Å². The molecule has 0 aromatic heterocycles. The summed E-state index contributed by atoms with van der Waals surface area (Å²) in [6.45, 7) is 4.32. The van der Waals surface area contributed by atoms with E-state index in [1.54, 1.807) is 12.1 Å². The zero-order chi connectivity index (χ0) is 13.8. The van der Waals surface area contributed by atoms with E-state index in [-0.39, 0.29) is 11.8 Å². The minimum atomic E-state index is -0.303. The van der Waals surface area contributed by atoms with Gasteiger partial charge < -0.3 is 5.32 Å². The summed E-state index contributed by atoms with van der Waals surface area (Å²) in [5.74, 6) is -0.607. The Morgan fingerprint density at radius 3 is 2.63 bits per heavy atom. The van der Waals surface area contributed by atoms with E-state index in [1.165, 1.54) is 19.3 Å². The van der Waals surface area contributed by atoms with Crippen molar-refractivity contribution in [2.45, 2.75) is 45.6 Å². The monoisotopic (exact) mass is 260 g/mol. The van der Waals surface area contributed by atoms with Crippen LogP contribution in [0.3, 0.4) is 0 Å². The molecule has 0 fully saturated rings. The molecule has 2 N–H and O–H groups in total. The Labute approximate surface area is 113 Å². The van der Waals surface area contributed by atoms with Gasteiger partial charge in [-0.05, 0) is 31.5 Å². The van der Waals surface area contributed by atoms with Gasteiger partial charge in [0.1, 0.15) is 0 Å². The van der Waals surface area contributed by atoms with Gasteiger partial charge in [-0.1, -0.05) is 26.2 Å². The standard InChI is InChI=1S/C15H20N2O2/c1-3-4-5-6-10(2)16-11-7-8-12-13(9-11)15(19)17-14(12)18/h7-10,16H,3-6H2,1-2H3,(H,17,18,19). The molecule has 1 aliphatic rings. The third kappa shape index (κ3) is 3.13. The van der Waals surface area contributed by atoms with Crippen molar-refractivity contribution in [2.24, 2.45) is 0 Å². The van der Waals surface area contributed by atoms with Crippen LogP contribution in [-0.2, 0) is 0 Å². The Bertz CT molecular complexity index is 497. The average molecular weight is 260 g/mol. The Hall–Kier alpha value is -1.84. The molecule has 0 aliphatic carbocycles. The van der Waals surface area contributed by atoms with Gasteiger partial charge in [-0.25, -0.2) is 0 Å². The van der Waals surface area contributed by atoms with E-state index in [0.717, 1.165) is 12.1 Å². The number of fused-ring (bicyclic) bond motifs is 1. The van der Waals surface area contributed by atoms with E-state index in [1.807, 2.05) is 6.07 Å². The van der Waals surface area contributed by atoms with Gasteiger partial charge in [0.15, 0.2) is 0 Å². The molecule has 1 aromatic carbocycles. The van der Waals surface area contributed by atoms with Crippen LogP contribution < -0.4 is 10.6 Å². The first kappa shape index (κ1) is 13.6. The number of unbranched alkanes of at least 4 members (excludes halogenated alkanes) is 2. The molecule has 0 saturated carbocycles. The normalized spacial score (nSPS) is 15.1. The Kier molecular flexibility index (Phi) is 4.20. The summed E-state index contributed by atoms with van der Waals surface area (Å²) in [4.78, 5) is 23.0. The number of rotatable bonds is 6. The van der Waals surface area contributed by atoms with Crippen LogP contribution in [0.25, 0.3) is 0 Å². The second-order valence-corrected chi connectivity index (χ2v) is 5.08. The van der Waals surface area contributed by atoms with E-state index >= 15 is 0 Å². The number of carbonyl (C=O) groups is 2. The second kappa shape index (κ2) is 5.87. The van der Waals surface area contributed by atoms with Crippen LogP contribution in [0.4, 0.5) is 5.69 Å². The Morgan fingerprint density at radius 2 is 1.89 bits per heavy atom. The number of amides is 2. The fraction of sp³-hybridized carbons (Fsp3) is 0.467. The van der Waals surface area contributed by atoms with E-state index in [4.69, 9.17) is 0 Å². The van der Waals surface area contributed by atoms with Crippen LogP contribution in [0.15, 0.2) is 18.2 Å². The quantitative estimate of drug-likeness (QED) is 0.610. The van der Waals surface area contributed by atoms with Gasteiger partial charge in [0.05, 0.1) is 11.1 Å². The molecule has 1 heterocycles. The molecular formula is C15H20N2O2. The first-order valence-electron chi connectivity index (χ1n) is 6.88. The summed E-state index contributed by atoms with van der Waals surface area (Å²) in [6, 6.07) is 5.68. The highest BCUT2D eigenvalue weighted by molar-refractivity contribution is 6.21. The van der Waals surface area contributed by atoms with Crippen molar-refractivity contribution in [2.75, 3.05) is 5.32 Å². The van der Waals surface area contributed by atoms with E-state index in [9.17, 15) is 9.59 Å². The lowest BCUT2D eigenvalue weighted by atomic mass is 10.1.